The van der Waals surface area contributed by atoms with Gasteiger partial charge in [0, 0.05) is 19.3 Å². The molecule has 0 radical (unpaired) electrons. The van der Waals surface area contributed by atoms with Gasteiger partial charge in [-0.25, -0.2) is 4.79 Å². The average molecular weight is 333 g/mol. The van der Waals surface area contributed by atoms with Gasteiger partial charge >= 0.3 is 5.97 Å². The summed E-state index contributed by atoms with van der Waals surface area (Å²) in [4.78, 5) is 33.0. The molecule has 0 unspecified atom stereocenters. The van der Waals surface area contributed by atoms with Crippen LogP contribution in [0, 0.1) is 5.92 Å². The van der Waals surface area contributed by atoms with Crippen molar-refractivity contribution < 1.29 is 14.3 Å². The highest BCUT2D eigenvalue weighted by molar-refractivity contribution is 5.84. The normalized spacial score (nSPS) is 20.5. The standard InChI is InChI=1S/C18H27N3O3/c1-14-8-7-11-21(12-14)16(22)13-20(3)18(2,17(23)24-4)15-9-5-6-10-19-15/h5-6,9-10,14H,7-8,11-13H2,1-4H3/t14-,18+/m1/s1. The van der Waals surface area contributed by atoms with E-state index in [9.17, 15) is 9.59 Å². The van der Waals surface area contributed by atoms with Crippen molar-refractivity contribution in [2.75, 3.05) is 33.8 Å². The molecule has 1 saturated heterocycles. The van der Waals surface area contributed by atoms with Gasteiger partial charge < -0.3 is 9.64 Å². The molecule has 24 heavy (non-hydrogen) atoms. The fraction of sp³-hybridized carbons (Fsp3) is 0.611. The van der Waals surface area contributed by atoms with Crippen molar-refractivity contribution in [2.45, 2.75) is 32.2 Å². The van der Waals surface area contributed by atoms with Gasteiger partial charge in [-0.05, 0) is 44.9 Å². The van der Waals surface area contributed by atoms with Crippen molar-refractivity contribution >= 4 is 11.9 Å². The van der Waals surface area contributed by atoms with Crippen LogP contribution in [0.15, 0.2) is 24.4 Å². The second kappa shape index (κ2) is 7.75. The highest BCUT2D eigenvalue weighted by Gasteiger charge is 2.43. The molecule has 6 heteroatoms. The molecule has 1 amide bonds. The van der Waals surface area contributed by atoms with E-state index < -0.39 is 11.5 Å². The number of rotatable bonds is 5. The number of methoxy groups -OCH3 is 1. The van der Waals surface area contributed by atoms with Crippen LogP contribution in [-0.2, 0) is 19.9 Å². The Labute approximate surface area is 143 Å². The maximum Gasteiger partial charge on any atom is 0.332 e. The summed E-state index contributed by atoms with van der Waals surface area (Å²) in [5, 5.41) is 0. The molecule has 2 rings (SSSR count). The first-order valence-corrected chi connectivity index (χ1v) is 8.38. The van der Waals surface area contributed by atoms with Gasteiger partial charge in [0.25, 0.3) is 0 Å². The summed E-state index contributed by atoms with van der Waals surface area (Å²) in [6.45, 7) is 5.62. The van der Waals surface area contributed by atoms with E-state index in [0.29, 0.717) is 11.6 Å². The number of piperidine rings is 1. The maximum absolute atomic E-state index is 12.7. The molecule has 2 heterocycles. The number of carbonyl (C=O) groups excluding carboxylic acids is 2. The maximum atomic E-state index is 12.7. The monoisotopic (exact) mass is 333 g/mol. The van der Waals surface area contributed by atoms with Crippen LogP contribution in [0.4, 0.5) is 0 Å². The molecular formula is C18H27N3O3. The minimum absolute atomic E-state index is 0.0371. The fourth-order valence-corrected chi connectivity index (χ4v) is 3.18. The van der Waals surface area contributed by atoms with E-state index in [1.165, 1.54) is 7.11 Å². The Kier molecular flexibility index (Phi) is 5.94. The van der Waals surface area contributed by atoms with Crippen LogP contribution >= 0.6 is 0 Å². The number of pyridine rings is 1. The molecule has 1 fully saturated rings. The van der Waals surface area contributed by atoms with Crippen LogP contribution in [0.1, 0.15) is 32.4 Å². The molecule has 132 valence electrons. The Balaban J connectivity index is 2.18. The lowest BCUT2D eigenvalue weighted by Gasteiger charge is -2.37. The number of hydrogen-bond donors (Lipinski definition) is 0. The molecule has 0 saturated carbocycles. The summed E-state index contributed by atoms with van der Waals surface area (Å²) in [5.74, 6) is 0.134. The van der Waals surface area contributed by atoms with E-state index in [-0.39, 0.29) is 12.5 Å². The van der Waals surface area contributed by atoms with E-state index in [1.54, 1.807) is 37.2 Å². The van der Waals surface area contributed by atoms with Crippen LogP contribution in [0.3, 0.4) is 0 Å². The van der Waals surface area contributed by atoms with Gasteiger partial charge in [0.05, 0.1) is 19.3 Å². The van der Waals surface area contributed by atoms with Crippen molar-refractivity contribution in [3.8, 4) is 0 Å². The largest absolute Gasteiger partial charge is 0.467 e. The lowest BCUT2D eigenvalue weighted by Crippen LogP contribution is -2.53. The van der Waals surface area contributed by atoms with Crippen molar-refractivity contribution in [1.82, 2.24) is 14.8 Å². The highest BCUT2D eigenvalue weighted by Crippen LogP contribution is 2.27. The van der Waals surface area contributed by atoms with E-state index in [1.807, 2.05) is 11.0 Å². The summed E-state index contributed by atoms with van der Waals surface area (Å²) in [5.41, 5.74) is -0.535. The third-order valence-electron chi connectivity index (χ3n) is 4.89. The van der Waals surface area contributed by atoms with Gasteiger partial charge in [-0.15, -0.1) is 0 Å². The first-order chi connectivity index (χ1) is 11.4. The number of ether oxygens (including phenoxy) is 1. The van der Waals surface area contributed by atoms with E-state index >= 15 is 0 Å². The van der Waals surface area contributed by atoms with Crippen molar-refractivity contribution in [3.63, 3.8) is 0 Å². The molecule has 0 aliphatic carbocycles. The van der Waals surface area contributed by atoms with Crippen LogP contribution in [-0.4, -0.2) is 60.5 Å². The molecule has 1 aliphatic heterocycles. The molecule has 1 aromatic heterocycles. The van der Waals surface area contributed by atoms with Gasteiger partial charge in [0.2, 0.25) is 5.91 Å². The quantitative estimate of drug-likeness (QED) is 0.767. The van der Waals surface area contributed by atoms with Gasteiger partial charge in [-0.1, -0.05) is 13.0 Å². The third kappa shape index (κ3) is 3.75. The first kappa shape index (κ1) is 18.4. The van der Waals surface area contributed by atoms with E-state index in [4.69, 9.17) is 4.74 Å². The van der Waals surface area contributed by atoms with Crippen LogP contribution in [0.25, 0.3) is 0 Å². The van der Waals surface area contributed by atoms with E-state index in [0.717, 1.165) is 25.9 Å². The van der Waals surface area contributed by atoms with Gasteiger partial charge in [-0.2, -0.15) is 0 Å². The zero-order chi connectivity index (χ0) is 17.7. The second-order valence-electron chi connectivity index (χ2n) is 6.72. The molecule has 0 bridgehead atoms. The molecule has 6 nitrogen and oxygen atoms in total. The predicted octanol–water partition coefficient (Wildman–Crippen LogP) is 1.66. The highest BCUT2D eigenvalue weighted by atomic mass is 16.5. The van der Waals surface area contributed by atoms with Crippen LogP contribution in [0.5, 0.6) is 0 Å². The van der Waals surface area contributed by atoms with Gasteiger partial charge in [-0.3, -0.25) is 14.7 Å². The SMILES string of the molecule is COC(=O)[C@](C)(c1ccccn1)N(C)CC(=O)N1CCC[C@@H](C)C1. The third-order valence-corrected chi connectivity index (χ3v) is 4.89. The minimum atomic E-state index is -1.10. The molecule has 2 atom stereocenters. The summed E-state index contributed by atoms with van der Waals surface area (Å²) in [6, 6.07) is 5.40. The number of amides is 1. The van der Waals surface area contributed by atoms with Crippen molar-refractivity contribution in [2.24, 2.45) is 5.92 Å². The molecular weight excluding hydrogens is 306 g/mol. The second-order valence-corrected chi connectivity index (χ2v) is 6.72. The van der Waals surface area contributed by atoms with Crippen molar-refractivity contribution in [1.29, 1.82) is 0 Å². The van der Waals surface area contributed by atoms with Crippen LogP contribution < -0.4 is 0 Å². The Morgan fingerprint density at radius 1 is 1.46 bits per heavy atom. The number of carbonyl (C=O) groups is 2. The number of aromatic nitrogens is 1. The molecule has 0 spiro atoms. The topological polar surface area (TPSA) is 62.7 Å². The molecule has 1 aliphatic rings. The number of hydrogen-bond acceptors (Lipinski definition) is 5. The summed E-state index contributed by atoms with van der Waals surface area (Å²) >= 11 is 0. The molecule has 0 aromatic carbocycles. The number of esters is 1. The van der Waals surface area contributed by atoms with Gasteiger partial charge in [0.15, 0.2) is 5.54 Å². The zero-order valence-electron chi connectivity index (χ0n) is 15.0. The first-order valence-electron chi connectivity index (χ1n) is 8.38. The smallest absolute Gasteiger partial charge is 0.332 e. The zero-order valence-corrected chi connectivity index (χ0v) is 15.0. The van der Waals surface area contributed by atoms with Crippen LogP contribution in [0.2, 0.25) is 0 Å². The summed E-state index contributed by atoms with van der Waals surface area (Å²) in [6.07, 6.45) is 3.83. The Morgan fingerprint density at radius 2 is 2.21 bits per heavy atom. The number of nitrogens with zero attached hydrogens (tertiary/aromatic N) is 3. The molecule has 0 N–H and O–H groups in total. The Morgan fingerprint density at radius 3 is 2.79 bits per heavy atom. The van der Waals surface area contributed by atoms with Gasteiger partial charge in [0.1, 0.15) is 0 Å². The average Bonchev–Trinajstić information content (AvgIpc) is 2.60. The minimum Gasteiger partial charge on any atom is -0.467 e. The fourth-order valence-electron chi connectivity index (χ4n) is 3.18. The van der Waals surface area contributed by atoms with Crippen molar-refractivity contribution in [3.05, 3.63) is 30.1 Å². The lowest BCUT2D eigenvalue weighted by atomic mass is 9.94. The summed E-state index contributed by atoms with van der Waals surface area (Å²) < 4.78 is 4.99. The predicted molar refractivity (Wildman–Crippen MR) is 91.2 cm³/mol. The van der Waals surface area contributed by atoms with E-state index in [2.05, 4.69) is 11.9 Å². The molecule has 1 aromatic rings. The number of likely N-dealkylation sites (N-methyl/N-ethyl adjacent to an activating group) is 1. The lowest BCUT2D eigenvalue weighted by molar-refractivity contribution is -0.156. The number of likely N-dealkylation sites (tertiary alicyclic amines) is 1. The summed E-state index contributed by atoms with van der Waals surface area (Å²) in [7, 11) is 3.11. The Bertz CT molecular complexity index is 578. The Hall–Kier alpha value is -1.95.